The van der Waals surface area contributed by atoms with Crippen molar-refractivity contribution < 1.29 is 4.79 Å². The minimum atomic E-state index is 0.0193. The molecule has 88 valence electrons. The zero-order chi connectivity index (χ0) is 12.1. The van der Waals surface area contributed by atoms with Gasteiger partial charge in [-0.2, -0.15) is 0 Å². The summed E-state index contributed by atoms with van der Waals surface area (Å²) in [4.78, 5) is 17.8. The van der Waals surface area contributed by atoms with E-state index in [2.05, 4.69) is 18.8 Å². The monoisotopic (exact) mass is 221 g/mol. The molecule has 0 bridgehead atoms. The van der Waals surface area contributed by atoms with Gasteiger partial charge in [-0.05, 0) is 18.1 Å². The highest BCUT2D eigenvalue weighted by Gasteiger charge is 2.12. The zero-order valence-electron chi connectivity index (χ0n) is 10.1. The molecule has 0 unspecified atom stereocenters. The number of carbonyl (C=O) groups is 1. The van der Waals surface area contributed by atoms with Gasteiger partial charge < -0.3 is 10.6 Å². The van der Waals surface area contributed by atoms with E-state index in [0.29, 0.717) is 18.0 Å². The van der Waals surface area contributed by atoms with Gasteiger partial charge in [-0.25, -0.2) is 0 Å². The van der Waals surface area contributed by atoms with E-state index in [-0.39, 0.29) is 5.91 Å². The number of aromatic nitrogens is 1. The molecule has 1 aromatic rings. The predicted molar refractivity (Wildman–Crippen MR) is 63.9 cm³/mol. The third-order valence-corrected chi connectivity index (χ3v) is 2.26. The van der Waals surface area contributed by atoms with E-state index in [1.807, 2.05) is 7.05 Å². The van der Waals surface area contributed by atoms with E-state index in [9.17, 15) is 4.79 Å². The smallest absolute Gasteiger partial charge is 0.253 e. The van der Waals surface area contributed by atoms with Gasteiger partial charge in [-0.3, -0.25) is 9.78 Å². The molecule has 1 aromatic heterocycles. The molecule has 0 saturated heterocycles. The van der Waals surface area contributed by atoms with Crippen LogP contribution in [0.4, 0.5) is 0 Å². The third-order valence-electron chi connectivity index (χ3n) is 2.26. The molecule has 1 rings (SSSR count). The lowest BCUT2D eigenvalue weighted by atomic mass is 10.1. The number of carbonyl (C=O) groups excluding carboxylic acids is 1. The van der Waals surface area contributed by atoms with Gasteiger partial charge in [0.1, 0.15) is 0 Å². The first-order chi connectivity index (χ1) is 7.54. The lowest BCUT2D eigenvalue weighted by Gasteiger charge is -2.19. The summed E-state index contributed by atoms with van der Waals surface area (Å²) in [7, 11) is 1.81. The van der Waals surface area contributed by atoms with Gasteiger partial charge in [-0.1, -0.05) is 13.8 Å². The van der Waals surface area contributed by atoms with Gasteiger partial charge in [0.2, 0.25) is 0 Å². The lowest BCUT2D eigenvalue weighted by Crippen LogP contribution is -2.30. The van der Waals surface area contributed by atoms with E-state index in [0.717, 1.165) is 12.2 Å². The highest BCUT2D eigenvalue weighted by atomic mass is 16.2. The van der Waals surface area contributed by atoms with Gasteiger partial charge in [0.15, 0.2) is 0 Å². The minimum Gasteiger partial charge on any atom is -0.341 e. The van der Waals surface area contributed by atoms with Crippen LogP contribution in [0.25, 0.3) is 0 Å². The Hall–Kier alpha value is -1.42. The largest absolute Gasteiger partial charge is 0.341 e. The SMILES string of the molecule is CC(C)CN(C)C(=O)c1ccnc(CN)c1. The van der Waals surface area contributed by atoms with Gasteiger partial charge in [0, 0.05) is 31.9 Å². The van der Waals surface area contributed by atoms with Crippen LogP contribution in [-0.2, 0) is 6.54 Å². The Morgan fingerprint density at radius 3 is 2.81 bits per heavy atom. The molecular weight excluding hydrogens is 202 g/mol. The molecule has 4 nitrogen and oxygen atoms in total. The number of pyridine rings is 1. The number of nitrogens with two attached hydrogens (primary N) is 1. The van der Waals surface area contributed by atoms with Crippen molar-refractivity contribution in [2.75, 3.05) is 13.6 Å². The van der Waals surface area contributed by atoms with Gasteiger partial charge in [0.25, 0.3) is 5.91 Å². The van der Waals surface area contributed by atoms with Crippen LogP contribution in [0.15, 0.2) is 18.3 Å². The van der Waals surface area contributed by atoms with Crippen molar-refractivity contribution in [2.24, 2.45) is 11.7 Å². The van der Waals surface area contributed by atoms with Crippen LogP contribution in [0.3, 0.4) is 0 Å². The molecule has 0 aliphatic rings. The van der Waals surface area contributed by atoms with Crippen molar-refractivity contribution >= 4 is 5.91 Å². The van der Waals surface area contributed by atoms with Gasteiger partial charge in [-0.15, -0.1) is 0 Å². The Bertz CT molecular complexity index is 363. The quantitative estimate of drug-likeness (QED) is 0.833. The number of hydrogen-bond acceptors (Lipinski definition) is 3. The first-order valence-corrected chi connectivity index (χ1v) is 5.45. The Labute approximate surface area is 96.5 Å². The van der Waals surface area contributed by atoms with E-state index < -0.39 is 0 Å². The Morgan fingerprint density at radius 1 is 1.56 bits per heavy atom. The first-order valence-electron chi connectivity index (χ1n) is 5.45. The van der Waals surface area contributed by atoms with Crippen LogP contribution < -0.4 is 5.73 Å². The fourth-order valence-electron chi connectivity index (χ4n) is 1.57. The summed E-state index contributed by atoms with van der Waals surface area (Å²) in [6.45, 7) is 5.28. The molecule has 0 fully saturated rings. The summed E-state index contributed by atoms with van der Waals surface area (Å²) in [5, 5.41) is 0. The molecule has 0 aromatic carbocycles. The molecule has 0 radical (unpaired) electrons. The zero-order valence-corrected chi connectivity index (χ0v) is 10.1. The van der Waals surface area contributed by atoms with E-state index >= 15 is 0 Å². The molecule has 0 aliphatic heterocycles. The second-order valence-corrected chi connectivity index (χ2v) is 4.32. The normalized spacial score (nSPS) is 10.6. The van der Waals surface area contributed by atoms with Crippen molar-refractivity contribution in [3.8, 4) is 0 Å². The van der Waals surface area contributed by atoms with Crippen molar-refractivity contribution in [2.45, 2.75) is 20.4 Å². The molecule has 1 amide bonds. The van der Waals surface area contributed by atoms with E-state index in [1.54, 1.807) is 23.2 Å². The number of rotatable bonds is 4. The first kappa shape index (κ1) is 12.6. The second-order valence-electron chi connectivity index (χ2n) is 4.32. The Kier molecular flexibility index (Phi) is 4.43. The summed E-state index contributed by atoms with van der Waals surface area (Å²) in [5.41, 5.74) is 6.88. The molecular formula is C12H19N3O. The second kappa shape index (κ2) is 5.61. The number of nitrogens with zero attached hydrogens (tertiary/aromatic N) is 2. The Morgan fingerprint density at radius 2 is 2.25 bits per heavy atom. The summed E-state index contributed by atoms with van der Waals surface area (Å²) >= 11 is 0. The maximum absolute atomic E-state index is 12.0. The maximum atomic E-state index is 12.0. The van der Waals surface area contributed by atoms with Crippen LogP contribution in [0.2, 0.25) is 0 Å². The summed E-state index contributed by atoms with van der Waals surface area (Å²) < 4.78 is 0. The van der Waals surface area contributed by atoms with E-state index in [1.165, 1.54) is 0 Å². The van der Waals surface area contributed by atoms with Gasteiger partial charge in [0.05, 0.1) is 5.69 Å². The molecule has 1 heterocycles. The molecule has 0 atom stereocenters. The predicted octanol–water partition coefficient (Wildman–Crippen LogP) is 1.27. The minimum absolute atomic E-state index is 0.0193. The molecule has 0 spiro atoms. The number of amides is 1. The molecule has 16 heavy (non-hydrogen) atoms. The number of hydrogen-bond donors (Lipinski definition) is 1. The van der Waals surface area contributed by atoms with Crippen molar-refractivity contribution in [3.05, 3.63) is 29.6 Å². The van der Waals surface area contributed by atoms with Crippen molar-refractivity contribution in [1.82, 2.24) is 9.88 Å². The lowest BCUT2D eigenvalue weighted by molar-refractivity contribution is 0.0779. The standard InChI is InChI=1S/C12H19N3O/c1-9(2)8-15(3)12(16)10-4-5-14-11(6-10)7-13/h4-6,9H,7-8,13H2,1-3H3. The van der Waals surface area contributed by atoms with Crippen molar-refractivity contribution in [1.29, 1.82) is 0 Å². The van der Waals surface area contributed by atoms with Crippen LogP contribution >= 0.6 is 0 Å². The average Bonchev–Trinajstić information content (AvgIpc) is 2.27. The van der Waals surface area contributed by atoms with Crippen molar-refractivity contribution in [3.63, 3.8) is 0 Å². The molecule has 0 saturated carbocycles. The fourth-order valence-corrected chi connectivity index (χ4v) is 1.57. The average molecular weight is 221 g/mol. The van der Waals surface area contributed by atoms with Crippen LogP contribution in [0, 0.1) is 5.92 Å². The summed E-state index contributed by atoms with van der Waals surface area (Å²) in [6, 6.07) is 3.47. The maximum Gasteiger partial charge on any atom is 0.253 e. The summed E-state index contributed by atoms with van der Waals surface area (Å²) in [6.07, 6.45) is 1.62. The molecule has 2 N–H and O–H groups in total. The van der Waals surface area contributed by atoms with Gasteiger partial charge >= 0.3 is 0 Å². The summed E-state index contributed by atoms with van der Waals surface area (Å²) in [5.74, 6) is 0.482. The van der Waals surface area contributed by atoms with E-state index in [4.69, 9.17) is 5.73 Å². The highest BCUT2D eigenvalue weighted by molar-refractivity contribution is 5.94. The van der Waals surface area contributed by atoms with Crippen LogP contribution in [0.1, 0.15) is 29.9 Å². The van der Waals surface area contributed by atoms with Crippen LogP contribution in [-0.4, -0.2) is 29.4 Å². The van der Waals surface area contributed by atoms with Crippen LogP contribution in [0.5, 0.6) is 0 Å². The fraction of sp³-hybridized carbons (Fsp3) is 0.500. The molecule has 4 heteroatoms. The third kappa shape index (κ3) is 3.31. The Balaban J connectivity index is 2.79. The molecule has 0 aliphatic carbocycles. The topological polar surface area (TPSA) is 59.2 Å². The highest BCUT2D eigenvalue weighted by Crippen LogP contribution is 2.06.